The van der Waals surface area contributed by atoms with Gasteiger partial charge in [0.15, 0.2) is 0 Å². The fourth-order valence-corrected chi connectivity index (χ4v) is 0. The molecule has 0 spiro atoms. The summed E-state index contributed by atoms with van der Waals surface area (Å²) in [6, 6.07) is 0. The predicted molar refractivity (Wildman–Crippen MR) is 65.0 cm³/mol. The van der Waals surface area contributed by atoms with Crippen molar-refractivity contribution in [3.05, 3.63) is 14.9 Å². The van der Waals surface area contributed by atoms with Crippen molar-refractivity contribution in [2.75, 3.05) is 40.0 Å². The van der Waals surface area contributed by atoms with E-state index in [1.165, 1.54) is 0 Å². The second-order valence-electron chi connectivity index (χ2n) is 3.00. The van der Waals surface area contributed by atoms with Crippen LogP contribution in [-0.2, 0) is 20.4 Å². The zero-order valence-corrected chi connectivity index (χ0v) is 12.9. The molecule has 0 unspecified atom stereocenters. The minimum atomic E-state index is 0. The van der Waals surface area contributed by atoms with Crippen molar-refractivity contribution in [3.63, 3.8) is 0 Å². The molecule has 0 nitrogen and oxygen atoms in total. The van der Waals surface area contributed by atoms with Gasteiger partial charge in [-0.3, -0.25) is 0 Å². The van der Waals surface area contributed by atoms with Crippen molar-refractivity contribution in [3.8, 4) is 0 Å². The Morgan fingerprint density at radius 3 is 0.545 bits per heavy atom. The summed E-state index contributed by atoms with van der Waals surface area (Å²) in [5, 5.41) is 0. The molecule has 0 bridgehead atoms. The van der Waals surface area contributed by atoms with Crippen LogP contribution in [-0.4, -0.2) is 40.0 Å². The van der Waals surface area contributed by atoms with Gasteiger partial charge in [-0.15, -0.1) is 0 Å². The Hall–Kier alpha value is 1.52. The van der Waals surface area contributed by atoms with E-state index >= 15 is 0 Å². The van der Waals surface area contributed by atoms with Crippen LogP contribution in [0, 0.1) is 14.9 Å². The van der Waals surface area contributed by atoms with Crippen molar-refractivity contribution in [1.29, 1.82) is 0 Å². The normalized spacial score (nSPS) is 6.55. The van der Waals surface area contributed by atoms with Crippen LogP contribution in [0.25, 0.3) is 0 Å². The first-order chi connectivity index (χ1) is 3.46. The Morgan fingerprint density at radius 2 is 0.545 bits per heavy atom. The van der Waals surface area contributed by atoms with Crippen LogP contribution in [0.3, 0.4) is 0 Å². The van der Waals surface area contributed by atoms with Crippen LogP contribution in [0.1, 0.15) is 0 Å². The van der Waals surface area contributed by atoms with Gasteiger partial charge in [0, 0.05) is 40.0 Å². The number of hydrogen-bond acceptors (Lipinski definition) is 0. The third kappa shape index (κ3) is 451. The Labute approximate surface area is 91.1 Å². The van der Waals surface area contributed by atoms with Crippen molar-refractivity contribution < 1.29 is 20.4 Å². The maximum atomic E-state index is 2.27. The monoisotopic (exact) mass is 290 g/mol. The van der Waals surface area contributed by atoms with Crippen molar-refractivity contribution in [2.45, 2.75) is 0 Å². The quantitative estimate of drug-likeness (QED) is 0.365. The second kappa shape index (κ2) is 22.5. The van der Waals surface area contributed by atoms with Gasteiger partial charge in [0.1, 0.15) is 0 Å². The minimum absolute atomic E-state index is 0. The van der Waals surface area contributed by atoms with Crippen LogP contribution in [0.15, 0.2) is 0 Å². The van der Waals surface area contributed by atoms with Crippen molar-refractivity contribution >= 4 is 15.8 Å². The van der Waals surface area contributed by atoms with Crippen molar-refractivity contribution in [1.82, 2.24) is 0 Å². The van der Waals surface area contributed by atoms with E-state index in [2.05, 4.69) is 40.0 Å². The smallest absolute Gasteiger partial charge is 0.358 e. The van der Waals surface area contributed by atoms with E-state index in [1.54, 1.807) is 0 Å². The maximum Gasteiger partial charge on any atom is 2.00 e. The fourth-order valence-electron chi connectivity index (χ4n) is 0. The van der Waals surface area contributed by atoms with Gasteiger partial charge < -0.3 is 14.9 Å². The summed E-state index contributed by atoms with van der Waals surface area (Å²) >= 11 is 0. The van der Waals surface area contributed by atoms with E-state index in [4.69, 9.17) is 0 Å². The van der Waals surface area contributed by atoms with Gasteiger partial charge >= 0.3 is 20.4 Å². The second-order valence-corrected chi connectivity index (χ2v) is 9.00. The van der Waals surface area contributed by atoms with Crippen LogP contribution >= 0.6 is 15.8 Å². The summed E-state index contributed by atoms with van der Waals surface area (Å²) in [5.41, 5.74) is 0. The summed E-state index contributed by atoms with van der Waals surface area (Å²) in [5.74, 6) is 0. The molecule has 0 aromatic carbocycles. The molecule has 0 saturated carbocycles. The van der Waals surface area contributed by atoms with Crippen LogP contribution in [0.4, 0.5) is 0 Å². The summed E-state index contributed by atoms with van der Waals surface area (Å²) in [7, 11) is 0.241. The van der Waals surface area contributed by atoms with Gasteiger partial charge in [0.2, 0.25) is 0 Å². The summed E-state index contributed by atoms with van der Waals surface area (Å²) in [6.45, 7) is 13.6. The zero-order chi connectivity index (χ0) is 7.15. The average molecular weight is 291 g/mol. The first-order valence-electron chi connectivity index (χ1n) is 3.00. The predicted octanol–water partition coefficient (Wildman–Crippen LogP) is 3.08. The van der Waals surface area contributed by atoms with Gasteiger partial charge in [-0.25, -0.2) is 0 Å². The molecule has 0 aromatic rings. The Kier molecular flexibility index (Phi) is 60.2. The molecule has 0 aromatic heterocycles. The third-order valence-electron chi connectivity index (χ3n) is 0. The summed E-state index contributed by atoms with van der Waals surface area (Å²) < 4.78 is 0. The molecule has 0 amide bonds. The van der Waals surface area contributed by atoms with Crippen LogP contribution in [0.5, 0.6) is 0 Å². The molecule has 0 aliphatic carbocycles. The van der Waals surface area contributed by atoms with Gasteiger partial charge in [-0.05, 0) is 15.8 Å². The Balaban J connectivity index is -0.0000000171. The van der Waals surface area contributed by atoms with Gasteiger partial charge in [-0.1, -0.05) is 0 Å². The standard InChI is InChI=1S/2C3H9P.2CH3.Pd/c2*1-4(2)3;;;/h2*1-3H3;2*1H3;/q;;2*-1;+2/p+2. The minimum Gasteiger partial charge on any atom is -0.358 e. The first kappa shape index (κ1) is 29.4. The molecule has 0 aliphatic rings. The molecule has 0 fully saturated rings. The van der Waals surface area contributed by atoms with E-state index in [-0.39, 0.29) is 51.1 Å². The number of hydrogen-bond donors (Lipinski definition) is 0. The van der Waals surface area contributed by atoms with E-state index in [1.807, 2.05) is 0 Å². The molecule has 0 saturated heterocycles. The molecule has 0 aliphatic heterocycles. The Morgan fingerprint density at radius 1 is 0.545 bits per heavy atom. The fraction of sp³-hybridized carbons (Fsp3) is 0.750. The van der Waals surface area contributed by atoms with Gasteiger partial charge in [-0.2, -0.15) is 0 Å². The SMILES string of the molecule is C[PH+](C)C.C[PH+](C)C.[CH3-].[CH3-].[Pd+2]. The van der Waals surface area contributed by atoms with Crippen molar-refractivity contribution in [2.24, 2.45) is 0 Å². The van der Waals surface area contributed by atoms with Gasteiger partial charge in [0.05, 0.1) is 0 Å². The molecule has 11 heavy (non-hydrogen) atoms. The molecule has 0 radical (unpaired) electrons. The zero-order valence-electron chi connectivity index (χ0n) is 9.32. The molecule has 0 rings (SSSR count). The molecular formula is C8H26P2Pd+2. The molecular weight excluding hydrogens is 264 g/mol. The summed E-state index contributed by atoms with van der Waals surface area (Å²) in [6.07, 6.45) is 0. The van der Waals surface area contributed by atoms with Crippen LogP contribution in [0.2, 0.25) is 0 Å². The van der Waals surface area contributed by atoms with E-state index in [9.17, 15) is 0 Å². The Bertz CT molecular complexity index is 27.6. The van der Waals surface area contributed by atoms with E-state index in [0.29, 0.717) is 0 Å². The van der Waals surface area contributed by atoms with Gasteiger partial charge in [0.25, 0.3) is 0 Å². The average Bonchev–Trinajstić information content (AvgIpc) is 1.25. The number of rotatable bonds is 0. The molecule has 76 valence electrons. The summed E-state index contributed by atoms with van der Waals surface area (Å²) in [4.78, 5) is 0. The van der Waals surface area contributed by atoms with E-state index in [0.717, 1.165) is 0 Å². The molecule has 0 N–H and O–H groups in total. The first-order valence-corrected chi connectivity index (χ1v) is 9.00. The molecule has 0 atom stereocenters. The topological polar surface area (TPSA) is 0 Å². The largest absolute Gasteiger partial charge is 2.00 e. The van der Waals surface area contributed by atoms with E-state index < -0.39 is 0 Å². The third-order valence-corrected chi connectivity index (χ3v) is 0. The maximum absolute atomic E-state index is 2.27. The molecule has 3 heteroatoms. The molecule has 0 heterocycles. The van der Waals surface area contributed by atoms with Crippen LogP contribution < -0.4 is 0 Å².